The highest BCUT2D eigenvalue weighted by molar-refractivity contribution is 5.34. The molecule has 0 spiro atoms. The zero-order chi connectivity index (χ0) is 18.0. The molecular weight excluding hydrogens is 300 g/mol. The molecule has 138 valence electrons. The van der Waals surface area contributed by atoms with Gasteiger partial charge in [0.2, 0.25) is 0 Å². The molecule has 0 heterocycles. The molecule has 0 heteroatoms. The number of hydrogen-bond acceptors (Lipinski definition) is 0. The van der Waals surface area contributed by atoms with Gasteiger partial charge in [-0.15, -0.1) is 0 Å². The molecule has 0 aromatic carbocycles. The van der Waals surface area contributed by atoms with Gasteiger partial charge < -0.3 is 0 Å². The fourth-order valence-electron chi connectivity index (χ4n) is 7.89. The lowest BCUT2D eigenvalue weighted by molar-refractivity contribution is -0.0652. The monoisotopic (exact) mass is 338 g/mol. The Bertz CT molecular complexity index is 636. The fraction of sp³-hybridized carbons (Fsp3) is 0.760. The van der Waals surface area contributed by atoms with Crippen molar-refractivity contribution in [2.45, 2.75) is 85.5 Å². The Morgan fingerprint density at radius 1 is 1.04 bits per heavy atom. The molecule has 4 aliphatic carbocycles. The lowest BCUT2D eigenvalue weighted by Gasteiger charge is -2.60. The van der Waals surface area contributed by atoms with E-state index in [0.29, 0.717) is 16.2 Å². The van der Waals surface area contributed by atoms with Gasteiger partial charge in [0, 0.05) is 0 Å². The first-order valence-electron chi connectivity index (χ1n) is 10.8. The second-order valence-electron chi connectivity index (χ2n) is 10.4. The molecule has 3 fully saturated rings. The van der Waals surface area contributed by atoms with Crippen LogP contribution in [-0.4, -0.2) is 0 Å². The Hall–Kier alpha value is -0.780. The largest absolute Gasteiger partial charge is 0.0993 e. The van der Waals surface area contributed by atoms with Crippen molar-refractivity contribution in [3.05, 3.63) is 36.0 Å². The molecule has 0 radical (unpaired) electrons. The lowest BCUT2D eigenvalue weighted by atomic mass is 9.44. The summed E-state index contributed by atoms with van der Waals surface area (Å²) in [5.41, 5.74) is 5.96. The van der Waals surface area contributed by atoms with E-state index in [1.807, 2.05) is 0 Å². The highest BCUT2D eigenvalue weighted by Gasteiger charge is 2.62. The number of allylic oxidation sites excluding steroid dienone is 4. The Morgan fingerprint density at radius 2 is 1.76 bits per heavy atom. The maximum atomic E-state index is 4.54. The van der Waals surface area contributed by atoms with Crippen molar-refractivity contribution in [2.24, 2.45) is 34.0 Å². The lowest BCUT2D eigenvalue weighted by Crippen LogP contribution is -2.52. The van der Waals surface area contributed by atoms with E-state index >= 15 is 0 Å². The molecule has 6 atom stereocenters. The van der Waals surface area contributed by atoms with Gasteiger partial charge >= 0.3 is 0 Å². The van der Waals surface area contributed by atoms with E-state index in [0.717, 1.165) is 24.2 Å². The highest BCUT2D eigenvalue weighted by atomic mass is 14.7. The third-order valence-electron chi connectivity index (χ3n) is 9.89. The summed E-state index contributed by atoms with van der Waals surface area (Å²) in [6.07, 6.45) is 14.6. The number of hydrogen-bond donors (Lipinski definition) is 0. The van der Waals surface area contributed by atoms with E-state index in [1.54, 1.807) is 5.57 Å². The van der Waals surface area contributed by atoms with Crippen LogP contribution in [0.1, 0.15) is 85.5 Å². The van der Waals surface area contributed by atoms with Crippen LogP contribution < -0.4 is 0 Å². The molecular formula is C25H38. The summed E-state index contributed by atoms with van der Waals surface area (Å²) in [7, 11) is 0. The Morgan fingerprint density at radius 3 is 2.48 bits per heavy atom. The van der Waals surface area contributed by atoms with Gasteiger partial charge in [0.1, 0.15) is 0 Å². The molecule has 0 saturated heterocycles. The van der Waals surface area contributed by atoms with Crippen molar-refractivity contribution in [3.8, 4) is 0 Å². The van der Waals surface area contributed by atoms with Gasteiger partial charge in [-0.05, 0) is 91.8 Å². The van der Waals surface area contributed by atoms with Crippen LogP contribution in [0.3, 0.4) is 0 Å². The molecule has 0 bridgehead atoms. The van der Waals surface area contributed by atoms with E-state index in [1.165, 1.54) is 62.5 Å². The summed E-state index contributed by atoms with van der Waals surface area (Å²) < 4.78 is 0. The van der Waals surface area contributed by atoms with Gasteiger partial charge in [-0.3, -0.25) is 0 Å². The van der Waals surface area contributed by atoms with E-state index < -0.39 is 0 Å². The molecule has 4 rings (SSSR count). The smallest absolute Gasteiger partial charge is 0.00626 e. The standard InChI is InChI=1S/C25H38/c1-7-18(3)24(5)14-12-22-20-9-8-19-16-17(2)10-13-23(19,4)21(20)11-15-25(22,24)6/h16,20-22H,2-3,7-15H2,1,4-6H3/t20?,21?,22?,23?,24-,25?/m1/s1. The molecule has 0 aromatic rings. The average molecular weight is 339 g/mol. The zero-order valence-corrected chi connectivity index (χ0v) is 17.1. The molecule has 5 unspecified atom stereocenters. The first-order valence-corrected chi connectivity index (χ1v) is 10.8. The van der Waals surface area contributed by atoms with Crippen LogP contribution >= 0.6 is 0 Å². The molecule has 25 heavy (non-hydrogen) atoms. The third kappa shape index (κ3) is 2.18. The van der Waals surface area contributed by atoms with Crippen LogP contribution in [0.2, 0.25) is 0 Å². The molecule has 0 aromatic heterocycles. The van der Waals surface area contributed by atoms with E-state index in [9.17, 15) is 0 Å². The minimum absolute atomic E-state index is 0.370. The number of rotatable bonds is 2. The molecule has 0 nitrogen and oxygen atoms in total. The van der Waals surface area contributed by atoms with Gasteiger partial charge in [0.25, 0.3) is 0 Å². The minimum Gasteiger partial charge on any atom is -0.0993 e. The van der Waals surface area contributed by atoms with Gasteiger partial charge in [0.05, 0.1) is 0 Å². The summed E-state index contributed by atoms with van der Waals surface area (Å²) in [5, 5.41) is 0. The summed E-state index contributed by atoms with van der Waals surface area (Å²) in [6.45, 7) is 18.9. The van der Waals surface area contributed by atoms with Crippen molar-refractivity contribution in [1.29, 1.82) is 0 Å². The third-order valence-corrected chi connectivity index (χ3v) is 9.89. The SMILES string of the molecule is C=C1C=C2CCC3C(CCC4(C)C3CC[C@]4(C)C(=C)CC)C2(C)CC1. The van der Waals surface area contributed by atoms with Crippen LogP contribution in [-0.2, 0) is 0 Å². The quantitative estimate of drug-likeness (QED) is 0.458. The van der Waals surface area contributed by atoms with Crippen molar-refractivity contribution in [3.63, 3.8) is 0 Å². The fourth-order valence-corrected chi connectivity index (χ4v) is 7.89. The van der Waals surface area contributed by atoms with Crippen LogP contribution in [0.5, 0.6) is 0 Å². The maximum absolute atomic E-state index is 4.54. The topological polar surface area (TPSA) is 0 Å². The van der Waals surface area contributed by atoms with Crippen molar-refractivity contribution >= 4 is 0 Å². The van der Waals surface area contributed by atoms with Gasteiger partial charge in [-0.25, -0.2) is 0 Å². The maximum Gasteiger partial charge on any atom is -0.00626 e. The van der Waals surface area contributed by atoms with Crippen molar-refractivity contribution in [2.75, 3.05) is 0 Å². The van der Waals surface area contributed by atoms with Gasteiger partial charge in [0.15, 0.2) is 0 Å². The predicted octanol–water partition coefficient (Wildman–Crippen LogP) is 7.48. The Labute approximate surface area is 155 Å². The molecule has 3 saturated carbocycles. The van der Waals surface area contributed by atoms with Crippen molar-refractivity contribution in [1.82, 2.24) is 0 Å². The van der Waals surface area contributed by atoms with Gasteiger partial charge in [-0.2, -0.15) is 0 Å². The molecule has 4 aliphatic rings. The first-order chi connectivity index (χ1) is 11.8. The van der Waals surface area contributed by atoms with E-state index in [4.69, 9.17) is 0 Å². The second-order valence-corrected chi connectivity index (χ2v) is 10.4. The van der Waals surface area contributed by atoms with Crippen LogP contribution in [0.15, 0.2) is 36.0 Å². The first kappa shape index (κ1) is 17.6. The van der Waals surface area contributed by atoms with Gasteiger partial charge in [-0.1, -0.05) is 63.6 Å². The summed E-state index contributed by atoms with van der Waals surface area (Å²) in [4.78, 5) is 0. The molecule has 0 amide bonds. The van der Waals surface area contributed by atoms with Crippen LogP contribution in [0.4, 0.5) is 0 Å². The molecule has 0 aliphatic heterocycles. The minimum atomic E-state index is 0.370. The van der Waals surface area contributed by atoms with Crippen molar-refractivity contribution < 1.29 is 0 Å². The van der Waals surface area contributed by atoms with E-state index in [2.05, 4.69) is 46.9 Å². The predicted molar refractivity (Wildman–Crippen MR) is 108 cm³/mol. The Kier molecular flexibility index (Phi) is 3.95. The van der Waals surface area contributed by atoms with E-state index in [-0.39, 0.29) is 0 Å². The summed E-state index contributed by atoms with van der Waals surface area (Å²) in [5.74, 6) is 2.78. The van der Waals surface area contributed by atoms with Crippen LogP contribution in [0.25, 0.3) is 0 Å². The zero-order valence-electron chi connectivity index (χ0n) is 17.1. The normalized spacial score (nSPS) is 49.0. The highest BCUT2D eigenvalue weighted by Crippen LogP contribution is 2.71. The average Bonchev–Trinajstić information content (AvgIpc) is 2.87. The second kappa shape index (κ2) is 5.61. The molecule has 0 N–H and O–H groups in total. The van der Waals surface area contributed by atoms with Crippen LogP contribution in [0, 0.1) is 34.0 Å². The summed E-state index contributed by atoms with van der Waals surface area (Å²) in [6, 6.07) is 0. The number of fused-ring (bicyclic) bond motifs is 5. The Balaban J connectivity index is 1.68. The summed E-state index contributed by atoms with van der Waals surface area (Å²) >= 11 is 0.